The molecular formula is C29H23N3O4. The Hall–Kier alpha value is -4.65. The maximum Gasteiger partial charge on any atom is 0.320 e. The first-order valence-electron chi connectivity index (χ1n) is 11.8. The third-order valence-corrected chi connectivity index (χ3v) is 6.26. The minimum Gasteiger partial charge on any atom is -0.507 e. The molecule has 178 valence electrons. The third kappa shape index (κ3) is 3.48. The highest BCUT2D eigenvalue weighted by molar-refractivity contribution is 6.25. The second-order valence-corrected chi connectivity index (χ2v) is 8.44. The van der Waals surface area contributed by atoms with Gasteiger partial charge in [0.1, 0.15) is 22.8 Å². The summed E-state index contributed by atoms with van der Waals surface area (Å²) in [6.45, 7) is 4.41. The molecule has 2 N–H and O–H groups in total. The molecule has 1 heterocycles. The van der Waals surface area contributed by atoms with Crippen LogP contribution in [0.1, 0.15) is 13.8 Å². The van der Waals surface area contributed by atoms with Crippen molar-refractivity contribution in [3.8, 4) is 46.0 Å². The van der Waals surface area contributed by atoms with Gasteiger partial charge in [-0.05, 0) is 52.2 Å². The van der Waals surface area contributed by atoms with Gasteiger partial charge in [0.2, 0.25) is 0 Å². The Kier molecular flexibility index (Phi) is 5.18. The van der Waals surface area contributed by atoms with Crippen molar-refractivity contribution in [2.75, 3.05) is 13.2 Å². The Morgan fingerprint density at radius 3 is 1.97 bits per heavy atom. The topological polar surface area (TPSA) is 97.6 Å². The second-order valence-electron chi connectivity index (χ2n) is 8.44. The number of phenols is 2. The van der Waals surface area contributed by atoms with Gasteiger partial charge in [0.15, 0.2) is 11.6 Å². The van der Waals surface area contributed by atoms with E-state index in [1.165, 1.54) is 28.3 Å². The number of hydrogen-bond donors (Lipinski definition) is 2. The Balaban J connectivity index is 1.60. The molecule has 0 aliphatic heterocycles. The van der Waals surface area contributed by atoms with Gasteiger partial charge in [-0.25, -0.2) is 4.98 Å². The molecule has 5 aromatic carbocycles. The molecular weight excluding hydrogens is 454 g/mol. The molecule has 6 aromatic rings. The number of phenolic OH excluding ortho intramolecular Hbond substituents is 2. The Labute approximate surface area is 207 Å². The first kappa shape index (κ1) is 21.9. The highest BCUT2D eigenvalue weighted by Gasteiger charge is 2.21. The van der Waals surface area contributed by atoms with Crippen LogP contribution in [0.15, 0.2) is 66.7 Å². The van der Waals surface area contributed by atoms with Crippen molar-refractivity contribution < 1.29 is 19.7 Å². The van der Waals surface area contributed by atoms with Gasteiger partial charge in [-0.3, -0.25) is 0 Å². The maximum absolute atomic E-state index is 10.7. The summed E-state index contributed by atoms with van der Waals surface area (Å²) in [6.07, 6.45) is 0. The smallest absolute Gasteiger partial charge is 0.320 e. The summed E-state index contributed by atoms with van der Waals surface area (Å²) in [5, 5.41) is 28.2. The Morgan fingerprint density at radius 1 is 0.667 bits per heavy atom. The summed E-state index contributed by atoms with van der Waals surface area (Å²) in [5.41, 5.74) is 0.885. The van der Waals surface area contributed by atoms with Gasteiger partial charge in [0.05, 0.1) is 13.2 Å². The molecule has 36 heavy (non-hydrogen) atoms. The number of aromatic hydroxyl groups is 2. The van der Waals surface area contributed by atoms with E-state index in [1.807, 2.05) is 19.9 Å². The predicted molar refractivity (Wildman–Crippen MR) is 140 cm³/mol. The van der Waals surface area contributed by atoms with Crippen LogP contribution >= 0.6 is 0 Å². The molecule has 1 aromatic heterocycles. The van der Waals surface area contributed by atoms with Crippen LogP contribution in [0.3, 0.4) is 0 Å². The standard InChI is InChI=1S/C29H23N3O4/c1-3-35-19-14-22(33)26(23(34)15-19)28-30-27(31-29(32-28)36-4-2)21-13-11-18-9-8-16-6-5-7-17-10-12-20(21)25(18)24(16)17/h5-15,33-34H,3-4H2,1-2H3. The fourth-order valence-corrected chi connectivity index (χ4v) is 4.78. The number of aromatic nitrogens is 3. The van der Waals surface area contributed by atoms with Crippen molar-refractivity contribution in [3.05, 3.63) is 66.7 Å². The van der Waals surface area contributed by atoms with Crippen LogP contribution in [0.2, 0.25) is 0 Å². The fraction of sp³-hybridized carbons (Fsp3) is 0.138. The third-order valence-electron chi connectivity index (χ3n) is 6.26. The number of rotatable bonds is 6. The average Bonchev–Trinajstić information content (AvgIpc) is 2.87. The summed E-state index contributed by atoms with van der Waals surface area (Å²) >= 11 is 0. The van der Waals surface area contributed by atoms with E-state index in [1.54, 1.807) is 0 Å². The Bertz CT molecular complexity index is 1710. The van der Waals surface area contributed by atoms with Gasteiger partial charge in [-0.1, -0.05) is 48.5 Å². The van der Waals surface area contributed by atoms with Gasteiger partial charge in [-0.2, -0.15) is 9.97 Å². The summed E-state index contributed by atoms with van der Waals surface area (Å²) < 4.78 is 11.1. The highest BCUT2D eigenvalue weighted by Crippen LogP contribution is 2.42. The molecule has 6 rings (SSSR count). The van der Waals surface area contributed by atoms with Crippen LogP contribution in [-0.2, 0) is 0 Å². The first-order chi connectivity index (χ1) is 17.6. The lowest BCUT2D eigenvalue weighted by molar-refractivity contribution is 0.312. The number of benzene rings is 5. The summed E-state index contributed by atoms with van der Waals surface area (Å²) in [6, 6.07) is 21.7. The minimum atomic E-state index is -0.201. The van der Waals surface area contributed by atoms with E-state index in [9.17, 15) is 10.2 Å². The van der Waals surface area contributed by atoms with E-state index >= 15 is 0 Å². The lowest BCUT2D eigenvalue weighted by Gasteiger charge is -2.15. The van der Waals surface area contributed by atoms with Crippen molar-refractivity contribution in [2.24, 2.45) is 0 Å². The van der Waals surface area contributed by atoms with Crippen LogP contribution in [0, 0.1) is 0 Å². The number of hydrogen-bond acceptors (Lipinski definition) is 7. The first-order valence-corrected chi connectivity index (χ1v) is 11.8. The van der Waals surface area contributed by atoms with Crippen LogP contribution in [0.5, 0.6) is 23.3 Å². The fourth-order valence-electron chi connectivity index (χ4n) is 4.78. The lowest BCUT2D eigenvalue weighted by Crippen LogP contribution is -2.04. The van der Waals surface area contributed by atoms with E-state index < -0.39 is 0 Å². The molecule has 0 aliphatic rings. The molecule has 0 aliphatic carbocycles. The molecule has 0 saturated heterocycles. The van der Waals surface area contributed by atoms with Gasteiger partial charge in [-0.15, -0.1) is 0 Å². The SMILES string of the molecule is CCOc1cc(O)c(-c2nc(OCC)nc(-c3ccc4ccc5cccc6ccc3c4c56)n2)c(O)c1. The largest absolute Gasteiger partial charge is 0.507 e. The molecule has 0 radical (unpaired) electrons. The van der Waals surface area contributed by atoms with Crippen molar-refractivity contribution in [2.45, 2.75) is 13.8 Å². The molecule has 0 saturated carbocycles. The minimum absolute atomic E-state index is 0.0840. The van der Waals surface area contributed by atoms with E-state index in [0.29, 0.717) is 24.8 Å². The number of ether oxygens (including phenoxy) is 2. The Morgan fingerprint density at radius 2 is 1.28 bits per heavy atom. The van der Waals surface area contributed by atoms with E-state index in [2.05, 4.69) is 63.5 Å². The van der Waals surface area contributed by atoms with Crippen molar-refractivity contribution in [1.82, 2.24) is 15.0 Å². The van der Waals surface area contributed by atoms with Crippen LogP contribution in [-0.4, -0.2) is 38.4 Å². The van der Waals surface area contributed by atoms with Crippen LogP contribution in [0.25, 0.3) is 55.1 Å². The summed E-state index contributed by atoms with van der Waals surface area (Å²) in [7, 11) is 0. The summed E-state index contributed by atoms with van der Waals surface area (Å²) in [5.74, 6) is 0.436. The zero-order chi connectivity index (χ0) is 24.8. The van der Waals surface area contributed by atoms with E-state index in [0.717, 1.165) is 21.7 Å². The molecule has 0 bridgehead atoms. The van der Waals surface area contributed by atoms with Gasteiger partial charge < -0.3 is 19.7 Å². The maximum atomic E-state index is 10.7. The zero-order valence-electron chi connectivity index (χ0n) is 19.8. The predicted octanol–water partition coefficient (Wildman–Crippen LogP) is 6.31. The highest BCUT2D eigenvalue weighted by atomic mass is 16.5. The van der Waals surface area contributed by atoms with Crippen molar-refractivity contribution in [3.63, 3.8) is 0 Å². The quantitative estimate of drug-likeness (QED) is 0.271. The summed E-state index contributed by atoms with van der Waals surface area (Å²) in [4.78, 5) is 13.6. The van der Waals surface area contributed by atoms with Gasteiger partial charge in [0.25, 0.3) is 0 Å². The second kappa shape index (κ2) is 8.53. The zero-order valence-corrected chi connectivity index (χ0v) is 19.8. The molecule has 0 atom stereocenters. The number of nitrogens with zero attached hydrogens (tertiary/aromatic N) is 3. The lowest BCUT2D eigenvalue weighted by atomic mass is 9.92. The van der Waals surface area contributed by atoms with E-state index in [-0.39, 0.29) is 28.9 Å². The average molecular weight is 478 g/mol. The van der Waals surface area contributed by atoms with E-state index in [4.69, 9.17) is 9.47 Å². The van der Waals surface area contributed by atoms with Crippen molar-refractivity contribution in [1.29, 1.82) is 0 Å². The monoisotopic (exact) mass is 477 g/mol. The molecule has 0 fully saturated rings. The van der Waals surface area contributed by atoms with Crippen LogP contribution < -0.4 is 9.47 Å². The molecule has 7 nitrogen and oxygen atoms in total. The van der Waals surface area contributed by atoms with Gasteiger partial charge >= 0.3 is 6.01 Å². The molecule has 7 heteroatoms. The molecule has 0 unspecified atom stereocenters. The molecule has 0 amide bonds. The van der Waals surface area contributed by atoms with Crippen molar-refractivity contribution >= 4 is 32.3 Å². The normalized spacial score (nSPS) is 11.5. The van der Waals surface area contributed by atoms with Crippen LogP contribution in [0.4, 0.5) is 0 Å². The van der Waals surface area contributed by atoms with Gasteiger partial charge in [0, 0.05) is 17.7 Å². The molecule has 0 spiro atoms.